The second-order valence-electron chi connectivity index (χ2n) is 5.51. The molecule has 1 saturated heterocycles. The van der Waals surface area contributed by atoms with E-state index in [2.05, 4.69) is 12.1 Å². The van der Waals surface area contributed by atoms with E-state index in [1.165, 1.54) is 0 Å². The highest BCUT2D eigenvalue weighted by Gasteiger charge is 2.37. The fourth-order valence-corrected chi connectivity index (χ4v) is 2.47. The molecule has 5 heteroatoms. The number of hydrogen-bond acceptors (Lipinski definition) is 5. The van der Waals surface area contributed by atoms with Crippen LogP contribution in [-0.4, -0.2) is 50.5 Å². The quantitative estimate of drug-likeness (QED) is 0.672. The maximum atomic E-state index is 8.57. The van der Waals surface area contributed by atoms with Gasteiger partial charge in [-0.15, -0.1) is 0 Å². The van der Waals surface area contributed by atoms with Crippen LogP contribution in [-0.2, 0) is 18.9 Å². The number of aliphatic hydroxyl groups is 1. The second-order valence-corrected chi connectivity index (χ2v) is 5.51. The van der Waals surface area contributed by atoms with Gasteiger partial charge in [-0.1, -0.05) is 30.3 Å². The van der Waals surface area contributed by atoms with E-state index < -0.39 is 5.79 Å². The Balaban J connectivity index is 1.60. The SMILES string of the molecule is CC1(CCCOCCOCCO)OCC(c2ccccc2)O1. The lowest BCUT2D eigenvalue weighted by Crippen LogP contribution is -2.26. The Morgan fingerprint density at radius 2 is 1.86 bits per heavy atom. The molecule has 2 unspecified atom stereocenters. The monoisotopic (exact) mass is 310 g/mol. The van der Waals surface area contributed by atoms with Crippen LogP contribution >= 0.6 is 0 Å². The average Bonchev–Trinajstić information content (AvgIpc) is 2.94. The van der Waals surface area contributed by atoms with Crippen molar-refractivity contribution in [1.82, 2.24) is 0 Å². The van der Waals surface area contributed by atoms with Crippen LogP contribution in [0, 0.1) is 0 Å². The van der Waals surface area contributed by atoms with Crippen LogP contribution in [0.15, 0.2) is 30.3 Å². The lowest BCUT2D eigenvalue weighted by atomic mass is 10.1. The Morgan fingerprint density at radius 3 is 2.59 bits per heavy atom. The highest BCUT2D eigenvalue weighted by molar-refractivity contribution is 5.18. The van der Waals surface area contributed by atoms with Crippen molar-refractivity contribution in [3.63, 3.8) is 0 Å². The molecule has 5 nitrogen and oxygen atoms in total. The van der Waals surface area contributed by atoms with Crippen LogP contribution in [0.1, 0.15) is 31.4 Å². The highest BCUT2D eigenvalue weighted by Crippen LogP contribution is 2.35. The van der Waals surface area contributed by atoms with Gasteiger partial charge in [0.25, 0.3) is 0 Å². The van der Waals surface area contributed by atoms with Crippen molar-refractivity contribution in [2.24, 2.45) is 0 Å². The van der Waals surface area contributed by atoms with Gasteiger partial charge < -0.3 is 24.1 Å². The van der Waals surface area contributed by atoms with Gasteiger partial charge in [-0.2, -0.15) is 0 Å². The molecule has 0 aromatic heterocycles. The lowest BCUT2D eigenvalue weighted by molar-refractivity contribution is -0.161. The normalized spacial score (nSPS) is 24.7. The van der Waals surface area contributed by atoms with E-state index in [1.807, 2.05) is 25.1 Å². The zero-order chi connectivity index (χ0) is 15.7. The third-order valence-corrected chi connectivity index (χ3v) is 3.63. The van der Waals surface area contributed by atoms with E-state index >= 15 is 0 Å². The summed E-state index contributed by atoms with van der Waals surface area (Å²) in [5.74, 6) is -0.530. The van der Waals surface area contributed by atoms with Gasteiger partial charge in [0.1, 0.15) is 6.10 Å². The molecule has 2 rings (SSSR count). The highest BCUT2D eigenvalue weighted by atomic mass is 16.7. The summed E-state index contributed by atoms with van der Waals surface area (Å²) in [6.45, 7) is 4.71. The fourth-order valence-electron chi connectivity index (χ4n) is 2.47. The molecular formula is C17H26O5. The van der Waals surface area contributed by atoms with Crippen molar-refractivity contribution in [2.75, 3.05) is 39.6 Å². The number of hydrogen-bond donors (Lipinski definition) is 1. The standard InChI is InChI=1S/C17H26O5/c1-17(8-5-10-19-12-13-20-11-9-18)21-14-16(22-17)15-6-3-2-4-7-15/h2-4,6-7,16,18H,5,8-14H2,1H3. The Kier molecular flexibility index (Phi) is 7.29. The lowest BCUT2D eigenvalue weighted by Gasteiger charge is -2.23. The minimum atomic E-state index is -0.530. The summed E-state index contributed by atoms with van der Waals surface area (Å²) in [4.78, 5) is 0. The van der Waals surface area contributed by atoms with Gasteiger partial charge >= 0.3 is 0 Å². The van der Waals surface area contributed by atoms with Crippen LogP contribution in [0.2, 0.25) is 0 Å². The molecule has 1 aromatic rings. The first-order valence-electron chi connectivity index (χ1n) is 7.86. The summed E-state index contributed by atoms with van der Waals surface area (Å²) in [6.07, 6.45) is 1.69. The molecule has 124 valence electrons. The molecule has 1 aromatic carbocycles. The van der Waals surface area contributed by atoms with Gasteiger partial charge in [0.2, 0.25) is 0 Å². The van der Waals surface area contributed by atoms with Crippen LogP contribution in [0.25, 0.3) is 0 Å². The molecule has 1 fully saturated rings. The molecule has 1 heterocycles. The Morgan fingerprint density at radius 1 is 1.14 bits per heavy atom. The third kappa shape index (κ3) is 5.66. The van der Waals surface area contributed by atoms with Crippen molar-refractivity contribution in [3.8, 4) is 0 Å². The molecule has 1 aliphatic rings. The van der Waals surface area contributed by atoms with Crippen LogP contribution in [0.5, 0.6) is 0 Å². The fraction of sp³-hybridized carbons (Fsp3) is 0.647. The molecule has 0 saturated carbocycles. The van der Waals surface area contributed by atoms with Gasteiger partial charge in [-0.3, -0.25) is 0 Å². The molecule has 1 N–H and O–H groups in total. The van der Waals surface area contributed by atoms with Gasteiger partial charge in [-0.05, 0) is 18.9 Å². The smallest absolute Gasteiger partial charge is 0.166 e. The van der Waals surface area contributed by atoms with Gasteiger partial charge in [-0.25, -0.2) is 0 Å². The zero-order valence-electron chi connectivity index (χ0n) is 13.2. The van der Waals surface area contributed by atoms with Crippen molar-refractivity contribution in [1.29, 1.82) is 0 Å². The Bertz CT molecular complexity index is 411. The van der Waals surface area contributed by atoms with Crippen LogP contribution in [0.3, 0.4) is 0 Å². The van der Waals surface area contributed by atoms with Crippen molar-refractivity contribution in [2.45, 2.75) is 31.7 Å². The summed E-state index contributed by atoms with van der Waals surface area (Å²) >= 11 is 0. The first kappa shape index (κ1) is 17.4. The zero-order valence-corrected chi connectivity index (χ0v) is 13.2. The van der Waals surface area contributed by atoms with E-state index in [9.17, 15) is 0 Å². The maximum Gasteiger partial charge on any atom is 0.166 e. The minimum Gasteiger partial charge on any atom is -0.394 e. The predicted molar refractivity (Wildman–Crippen MR) is 82.6 cm³/mol. The average molecular weight is 310 g/mol. The third-order valence-electron chi connectivity index (χ3n) is 3.63. The molecule has 22 heavy (non-hydrogen) atoms. The molecule has 0 spiro atoms. The van der Waals surface area contributed by atoms with E-state index in [-0.39, 0.29) is 12.7 Å². The van der Waals surface area contributed by atoms with Gasteiger partial charge in [0.15, 0.2) is 5.79 Å². The van der Waals surface area contributed by atoms with Crippen molar-refractivity contribution >= 4 is 0 Å². The van der Waals surface area contributed by atoms with E-state index in [0.29, 0.717) is 33.0 Å². The number of aliphatic hydroxyl groups excluding tert-OH is 1. The van der Waals surface area contributed by atoms with Gasteiger partial charge in [0.05, 0.1) is 33.0 Å². The number of ether oxygens (including phenoxy) is 4. The molecule has 2 atom stereocenters. The first-order valence-corrected chi connectivity index (χ1v) is 7.86. The predicted octanol–water partition coefficient (Wildman–Crippen LogP) is 2.30. The molecular weight excluding hydrogens is 284 g/mol. The van der Waals surface area contributed by atoms with E-state index in [0.717, 1.165) is 18.4 Å². The van der Waals surface area contributed by atoms with E-state index in [1.54, 1.807) is 0 Å². The summed E-state index contributed by atoms with van der Waals surface area (Å²) in [6, 6.07) is 10.2. The Labute approximate surface area is 132 Å². The molecule has 0 radical (unpaired) electrons. The van der Waals surface area contributed by atoms with Crippen molar-refractivity contribution in [3.05, 3.63) is 35.9 Å². The van der Waals surface area contributed by atoms with Crippen LogP contribution < -0.4 is 0 Å². The van der Waals surface area contributed by atoms with Crippen molar-refractivity contribution < 1.29 is 24.1 Å². The molecule has 0 amide bonds. The summed E-state index contributed by atoms with van der Waals surface area (Å²) in [5, 5.41) is 8.57. The summed E-state index contributed by atoms with van der Waals surface area (Å²) in [5.41, 5.74) is 1.16. The summed E-state index contributed by atoms with van der Waals surface area (Å²) < 4.78 is 22.5. The minimum absolute atomic E-state index is 0.0130. The Hall–Kier alpha value is -0.980. The largest absolute Gasteiger partial charge is 0.394 e. The number of benzene rings is 1. The number of rotatable bonds is 10. The molecule has 0 aliphatic carbocycles. The van der Waals surface area contributed by atoms with E-state index in [4.69, 9.17) is 24.1 Å². The van der Waals surface area contributed by atoms with Gasteiger partial charge in [0, 0.05) is 13.0 Å². The van der Waals surface area contributed by atoms with Crippen LogP contribution in [0.4, 0.5) is 0 Å². The summed E-state index contributed by atoms with van der Waals surface area (Å²) in [7, 11) is 0. The maximum absolute atomic E-state index is 8.57. The second kappa shape index (κ2) is 9.22. The molecule has 1 aliphatic heterocycles. The first-order chi connectivity index (χ1) is 10.7. The molecule has 0 bridgehead atoms. The topological polar surface area (TPSA) is 57.2 Å².